The molecule has 1 aromatic carbocycles. The van der Waals surface area contributed by atoms with Crippen molar-refractivity contribution in [3.63, 3.8) is 0 Å². The Hall–Kier alpha value is -3.48. The first-order valence-electron chi connectivity index (χ1n) is 17.7. The van der Waals surface area contributed by atoms with Crippen LogP contribution in [0.4, 0.5) is 4.79 Å². The second-order valence-corrected chi connectivity index (χ2v) is 19.2. The van der Waals surface area contributed by atoms with E-state index in [1.54, 1.807) is 52.0 Å². The number of Topliss-reactive ketones (excluding diaryl/α,β-unsaturated/α-hetero) is 1. The molecule has 2 aliphatic rings. The molecule has 50 heavy (non-hydrogen) atoms. The second kappa shape index (κ2) is 15.8. The topological polar surface area (TPSA) is 185 Å². The number of primary amides is 1. The van der Waals surface area contributed by atoms with Crippen molar-refractivity contribution in [1.82, 2.24) is 20.9 Å². The van der Waals surface area contributed by atoms with E-state index in [0.29, 0.717) is 24.8 Å². The number of sulfone groups is 1. The van der Waals surface area contributed by atoms with E-state index in [4.69, 9.17) is 5.73 Å². The number of urea groups is 1. The van der Waals surface area contributed by atoms with Crippen molar-refractivity contribution >= 4 is 39.4 Å². The Morgan fingerprint density at radius 3 is 2.12 bits per heavy atom. The third-order valence-electron chi connectivity index (χ3n) is 10.1. The van der Waals surface area contributed by atoms with Gasteiger partial charge in [-0.25, -0.2) is 13.2 Å². The fraction of sp³-hybridized carbons (Fsp3) is 0.703. The molecule has 1 aliphatic carbocycles. The minimum absolute atomic E-state index is 0.0105. The molecule has 12 nitrogen and oxygen atoms in total. The maximum absolute atomic E-state index is 14.5. The maximum atomic E-state index is 14.5. The molecule has 0 spiro atoms. The van der Waals surface area contributed by atoms with Crippen molar-refractivity contribution in [2.45, 2.75) is 124 Å². The van der Waals surface area contributed by atoms with Gasteiger partial charge in [-0.2, -0.15) is 0 Å². The average Bonchev–Trinajstić information content (AvgIpc) is 3.78. The number of rotatable bonds is 15. The number of nitrogens with one attached hydrogen (secondary N) is 3. The summed E-state index contributed by atoms with van der Waals surface area (Å²) >= 11 is 0. The molecule has 3 rings (SSSR count). The number of carbonyl (C=O) groups excluding carboxylic acids is 5. The molecule has 5 amide bonds. The lowest BCUT2D eigenvalue weighted by atomic mass is 9.71. The Bertz CT molecular complexity index is 1520. The number of hydrogen-bond donors (Lipinski definition) is 4. The van der Waals surface area contributed by atoms with Gasteiger partial charge in [0.15, 0.2) is 9.84 Å². The Morgan fingerprint density at radius 1 is 1.00 bits per heavy atom. The lowest BCUT2D eigenvalue weighted by molar-refractivity contribution is -0.151. The molecule has 2 fully saturated rings. The molecular formula is C37H59N5O7S. The first-order chi connectivity index (χ1) is 22.9. The third-order valence-corrected chi connectivity index (χ3v) is 11.9. The van der Waals surface area contributed by atoms with Crippen LogP contribution in [0.25, 0.3) is 0 Å². The number of ketones is 1. The van der Waals surface area contributed by atoms with Crippen molar-refractivity contribution in [3.8, 4) is 0 Å². The normalized spacial score (nSPS) is 21.8. The number of nitrogens with two attached hydrogens (primary N) is 1. The highest BCUT2D eigenvalue weighted by atomic mass is 32.2. The second-order valence-electron chi connectivity index (χ2n) is 17.1. The molecule has 1 saturated heterocycles. The summed E-state index contributed by atoms with van der Waals surface area (Å²) in [6, 6.07) is 5.02. The van der Waals surface area contributed by atoms with E-state index in [9.17, 15) is 32.4 Å². The first-order valence-corrected chi connectivity index (χ1v) is 19.5. The van der Waals surface area contributed by atoms with E-state index in [-0.39, 0.29) is 41.2 Å². The smallest absolute Gasteiger partial charge is 0.315 e. The summed E-state index contributed by atoms with van der Waals surface area (Å²) in [6.07, 6.45) is 2.76. The van der Waals surface area contributed by atoms with Gasteiger partial charge in [0.1, 0.15) is 12.1 Å². The molecule has 1 saturated carbocycles. The van der Waals surface area contributed by atoms with Crippen molar-refractivity contribution < 1.29 is 32.4 Å². The van der Waals surface area contributed by atoms with Gasteiger partial charge in [-0.05, 0) is 60.3 Å². The SMILES string of the molecule is CC(C)CC(C)(CS(=O)(=O)Cc1ccccc1)NC(=O)N[C@H](C(=O)N1CC(C)C(C)(C)C[C@H]1C(=O)NC(CC1CC1)C(=O)C(N)=O)C(C)(C)C. The monoisotopic (exact) mass is 717 g/mol. The number of likely N-dealkylation sites (tertiary alicyclic amines) is 1. The number of carbonyl (C=O) groups is 5. The summed E-state index contributed by atoms with van der Waals surface area (Å²) < 4.78 is 26.7. The van der Waals surface area contributed by atoms with Crippen LogP contribution in [-0.2, 0) is 34.8 Å². The molecule has 13 heteroatoms. The van der Waals surface area contributed by atoms with Gasteiger partial charge in [0, 0.05) is 6.54 Å². The Labute approximate surface area is 298 Å². The zero-order valence-electron chi connectivity index (χ0n) is 31.3. The largest absolute Gasteiger partial charge is 0.363 e. The number of nitrogens with zero attached hydrogens (tertiary/aromatic N) is 1. The zero-order valence-corrected chi connectivity index (χ0v) is 32.1. The summed E-state index contributed by atoms with van der Waals surface area (Å²) in [5.41, 5.74) is 3.66. The molecule has 1 aliphatic heterocycles. The Balaban J connectivity index is 1.87. The molecule has 280 valence electrons. The Morgan fingerprint density at radius 2 is 1.60 bits per heavy atom. The van der Waals surface area contributed by atoms with Gasteiger partial charge >= 0.3 is 6.03 Å². The van der Waals surface area contributed by atoms with Gasteiger partial charge in [0.25, 0.3) is 5.91 Å². The van der Waals surface area contributed by atoms with E-state index in [1.807, 2.05) is 40.7 Å². The molecule has 5 N–H and O–H groups in total. The van der Waals surface area contributed by atoms with E-state index in [0.717, 1.165) is 12.8 Å². The molecular weight excluding hydrogens is 659 g/mol. The quantitative estimate of drug-likeness (QED) is 0.199. The molecule has 5 atom stereocenters. The van der Waals surface area contributed by atoms with Gasteiger partial charge in [0.2, 0.25) is 17.6 Å². The summed E-state index contributed by atoms with van der Waals surface area (Å²) in [5.74, 6) is -3.24. The molecule has 1 aromatic rings. The van der Waals surface area contributed by atoms with E-state index >= 15 is 0 Å². The third kappa shape index (κ3) is 11.5. The van der Waals surface area contributed by atoms with Gasteiger partial charge in [-0.15, -0.1) is 0 Å². The summed E-state index contributed by atoms with van der Waals surface area (Å²) in [4.78, 5) is 68.2. The fourth-order valence-corrected chi connectivity index (χ4v) is 8.95. The average molecular weight is 718 g/mol. The van der Waals surface area contributed by atoms with Crippen LogP contribution < -0.4 is 21.7 Å². The lowest BCUT2D eigenvalue weighted by Gasteiger charge is -2.48. The molecule has 1 heterocycles. The summed E-state index contributed by atoms with van der Waals surface area (Å²) in [7, 11) is -3.65. The number of benzene rings is 1. The molecule has 0 radical (unpaired) electrons. The van der Waals surface area contributed by atoms with E-state index in [1.165, 1.54) is 4.90 Å². The van der Waals surface area contributed by atoms with Crippen molar-refractivity contribution in [2.24, 2.45) is 34.3 Å². The number of hydrogen-bond acceptors (Lipinski definition) is 7. The van der Waals surface area contributed by atoms with Crippen molar-refractivity contribution in [1.29, 1.82) is 0 Å². The standard InChI is InChI=1S/C37H59N5O7S/c1-23(2)18-37(9,22-50(48,49)21-26-13-11-10-12-14-26)41-34(47)40-30(35(4,5)6)33(46)42-20-24(3)36(7,8)19-28(42)32(45)39-27(17-25-15-16-25)29(43)31(38)44/h10-14,23-25,27-28,30H,15-22H2,1-9H3,(H2,38,44)(H,39,45)(H2,40,41,47)/t24?,27?,28-,30+,37?/m0/s1. The Kier molecular flexibility index (Phi) is 13.0. The first kappa shape index (κ1) is 40.9. The molecule has 0 aromatic heterocycles. The lowest BCUT2D eigenvalue weighted by Crippen LogP contribution is -2.66. The van der Waals surface area contributed by atoms with Gasteiger partial charge in [0.05, 0.1) is 23.1 Å². The van der Waals surface area contributed by atoms with Gasteiger partial charge in [-0.3, -0.25) is 19.2 Å². The summed E-state index contributed by atoms with van der Waals surface area (Å²) in [5, 5.41) is 8.48. The minimum Gasteiger partial charge on any atom is -0.363 e. The highest BCUT2D eigenvalue weighted by Crippen LogP contribution is 2.40. The number of piperidine rings is 1. The van der Waals surface area contributed by atoms with Crippen molar-refractivity contribution in [3.05, 3.63) is 35.9 Å². The van der Waals surface area contributed by atoms with Crippen LogP contribution >= 0.6 is 0 Å². The van der Waals surface area contributed by atoms with Crippen LogP contribution in [0.3, 0.4) is 0 Å². The van der Waals surface area contributed by atoms with E-state index < -0.39 is 68.5 Å². The fourth-order valence-electron chi connectivity index (χ4n) is 6.98. The summed E-state index contributed by atoms with van der Waals surface area (Å²) in [6.45, 7) is 17.3. The number of amides is 5. The van der Waals surface area contributed by atoms with Crippen LogP contribution in [0.5, 0.6) is 0 Å². The predicted molar refractivity (Wildman–Crippen MR) is 193 cm³/mol. The predicted octanol–water partition coefficient (Wildman–Crippen LogP) is 3.72. The van der Waals surface area contributed by atoms with Crippen LogP contribution in [0.15, 0.2) is 30.3 Å². The van der Waals surface area contributed by atoms with Crippen LogP contribution in [0.1, 0.15) is 100.0 Å². The van der Waals surface area contributed by atoms with Gasteiger partial charge < -0.3 is 26.6 Å². The van der Waals surface area contributed by atoms with Crippen LogP contribution in [0, 0.1) is 28.6 Å². The molecule has 0 bridgehead atoms. The maximum Gasteiger partial charge on any atom is 0.315 e. The zero-order chi connectivity index (χ0) is 37.8. The van der Waals surface area contributed by atoms with Crippen molar-refractivity contribution in [2.75, 3.05) is 12.3 Å². The minimum atomic E-state index is -3.65. The highest BCUT2D eigenvalue weighted by Gasteiger charge is 2.48. The van der Waals surface area contributed by atoms with Crippen LogP contribution in [-0.4, -0.2) is 78.8 Å². The van der Waals surface area contributed by atoms with E-state index in [2.05, 4.69) is 16.0 Å². The molecule has 3 unspecified atom stereocenters. The van der Waals surface area contributed by atoms with Gasteiger partial charge in [-0.1, -0.05) is 98.6 Å². The highest BCUT2D eigenvalue weighted by molar-refractivity contribution is 7.90. The van der Waals surface area contributed by atoms with Crippen LogP contribution in [0.2, 0.25) is 0 Å².